The summed E-state index contributed by atoms with van der Waals surface area (Å²) in [4.78, 5) is 24.6. The van der Waals surface area contributed by atoms with Crippen molar-refractivity contribution in [2.45, 2.75) is 26.3 Å². The number of hydrogen-bond acceptors (Lipinski definition) is 3. The van der Waals surface area contributed by atoms with Gasteiger partial charge in [-0.1, -0.05) is 12.1 Å². The lowest BCUT2D eigenvalue weighted by molar-refractivity contribution is -0.145. The third kappa shape index (κ3) is 3.34. The second kappa shape index (κ2) is 6.43. The smallest absolute Gasteiger partial charge is 0.315 e. The van der Waals surface area contributed by atoms with Gasteiger partial charge in [0, 0.05) is 11.4 Å². The molecule has 1 fully saturated rings. The summed E-state index contributed by atoms with van der Waals surface area (Å²) in [7, 11) is 0. The van der Waals surface area contributed by atoms with E-state index in [-0.39, 0.29) is 5.88 Å². The molecule has 1 heterocycles. The largest absolute Gasteiger partial charge is 0.324 e. The number of nitrogens with one attached hydrogen (secondary N) is 1. The zero-order chi connectivity index (χ0) is 15.6. The Labute approximate surface area is 125 Å². The number of nitrogens with zero attached hydrogens (tertiary/aromatic N) is 1. The molecule has 1 aliphatic heterocycles. The van der Waals surface area contributed by atoms with Gasteiger partial charge in [-0.25, -0.2) is 0 Å². The molecule has 1 aromatic carbocycles. The minimum atomic E-state index is -3.08. The predicted octanol–water partition coefficient (Wildman–Crippen LogP) is 2.41. The van der Waals surface area contributed by atoms with Crippen molar-refractivity contribution < 1.29 is 18.4 Å². The van der Waals surface area contributed by atoms with E-state index in [9.17, 15) is 18.4 Å². The van der Waals surface area contributed by atoms with Crippen LogP contribution in [-0.4, -0.2) is 40.8 Å². The fourth-order valence-corrected chi connectivity index (χ4v) is 3.27. The van der Waals surface area contributed by atoms with E-state index >= 15 is 0 Å². The maximum atomic E-state index is 12.5. The Balaban J connectivity index is 2.12. The van der Waals surface area contributed by atoms with E-state index in [0.717, 1.165) is 16.0 Å². The van der Waals surface area contributed by atoms with Gasteiger partial charge in [0.25, 0.3) is 5.91 Å². The SMILES string of the molecule is Cc1cccc(NC(=O)C2CSCN2C(=O)C(F)F)c1C. The Bertz CT molecular complexity index is 566. The van der Waals surface area contributed by atoms with Gasteiger partial charge in [-0.05, 0) is 31.0 Å². The number of alkyl halides is 2. The lowest BCUT2D eigenvalue weighted by Gasteiger charge is -2.23. The van der Waals surface area contributed by atoms with Gasteiger partial charge >= 0.3 is 6.43 Å². The van der Waals surface area contributed by atoms with Crippen LogP contribution in [0.3, 0.4) is 0 Å². The Morgan fingerprint density at radius 1 is 1.38 bits per heavy atom. The van der Waals surface area contributed by atoms with Crippen LogP contribution in [-0.2, 0) is 9.59 Å². The zero-order valence-electron chi connectivity index (χ0n) is 11.7. The number of halogens is 2. The van der Waals surface area contributed by atoms with E-state index in [4.69, 9.17) is 0 Å². The quantitative estimate of drug-likeness (QED) is 0.932. The third-order valence-corrected chi connectivity index (χ3v) is 4.53. The number of carbonyl (C=O) groups is 2. The van der Waals surface area contributed by atoms with Crippen molar-refractivity contribution >= 4 is 29.3 Å². The third-order valence-electron chi connectivity index (χ3n) is 3.52. The van der Waals surface area contributed by atoms with E-state index in [1.807, 2.05) is 26.0 Å². The molecule has 0 saturated carbocycles. The molecular weight excluding hydrogens is 298 g/mol. The van der Waals surface area contributed by atoms with Gasteiger partial charge < -0.3 is 10.2 Å². The van der Waals surface area contributed by atoms with Gasteiger partial charge in [-0.3, -0.25) is 9.59 Å². The first-order chi connectivity index (χ1) is 9.91. The molecule has 7 heteroatoms. The van der Waals surface area contributed by atoms with Crippen molar-refractivity contribution in [1.29, 1.82) is 0 Å². The van der Waals surface area contributed by atoms with E-state index in [1.54, 1.807) is 6.07 Å². The van der Waals surface area contributed by atoms with Crippen LogP contribution in [0.1, 0.15) is 11.1 Å². The highest BCUT2D eigenvalue weighted by molar-refractivity contribution is 7.99. The standard InChI is InChI=1S/C14H16F2N2O2S/c1-8-4-3-5-10(9(8)2)17-13(19)11-6-21-7-18(11)14(20)12(15)16/h3-5,11-12H,6-7H2,1-2H3,(H,17,19). The molecule has 0 aromatic heterocycles. The van der Waals surface area contributed by atoms with Crippen LogP contribution in [0, 0.1) is 13.8 Å². The van der Waals surface area contributed by atoms with Crippen molar-refractivity contribution in [2.24, 2.45) is 0 Å². The van der Waals surface area contributed by atoms with Crippen LogP contribution in [0.5, 0.6) is 0 Å². The molecule has 2 rings (SSSR count). The summed E-state index contributed by atoms with van der Waals surface area (Å²) in [5.74, 6) is -1.27. The highest BCUT2D eigenvalue weighted by Gasteiger charge is 2.38. The summed E-state index contributed by atoms with van der Waals surface area (Å²) in [6.45, 7) is 3.79. The van der Waals surface area contributed by atoms with Gasteiger partial charge in [0.05, 0.1) is 5.88 Å². The number of amides is 2. The first-order valence-electron chi connectivity index (χ1n) is 6.45. The number of anilines is 1. The van der Waals surface area contributed by atoms with Crippen molar-refractivity contribution in [3.8, 4) is 0 Å². The summed E-state index contributed by atoms with van der Waals surface area (Å²) in [5, 5.41) is 2.73. The fraction of sp³-hybridized carbons (Fsp3) is 0.429. The first kappa shape index (κ1) is 15.8. The molecule has 1 atom stereocenters. The summed E-state index contributed by atoms with van der Waals surface area (Å²) in [5.41, 5.74) is 2.58. The number of thioether (sulfide) groups is 1. The number of rotatable bonds is 3. The molecule has 2 amide bonds. The molecule has 1 saturated heterocycles. The molecule has 21 heavy (non-hydrogen) atoms. The first-order valence-corrected chi connectivity index (χ1v) is 7.60. The summed E-state index contributed by atoms with van der Waals surface area (Å²) < 4.78 is 25.1. The van der Waals surface area contributed by atoms with Crippen molar-refractivity contribution in [2.75, 3.05) is 16.9 Å². The molecular formula is C14H16F2N2O2S. The van der Waals surface area contributed by atoms with Gasteiger partial charge in [0.1, 0.15) is 6.04 Å². The second-order valence-corrected chi connectivity index (χ2v) is 5.86. The van der Waals surface area contributed by atoms with Crippen LogP contribution in [0.15, 0.2) is 18.2 Å². The van der Waals surface area contributed by atoms with Crippen molar-refractivity contribution in [3.63, 3.8) is 0 Å². The molecule has 0 radical (unpaired) electrons. The number of carbonyl (C=O) groups excluding carboxylic acids is 2. The summed E-state index contributed by atoms with van der Waals surface area (Å²) >= 11 is 1.29. The Hall–Kier alpha value is -1.63. The molecule has 1 aromatic rings. The van der Waals surface area contributed by atoms with E-state index in [1.165, 1.54) is 11.8 Å². The van der Waals surface area contributed by atoms with E-state index < -0.39 is 24.3 Å². The molecule has 0 aliphatic carbocycles. The van der Waals surface area contributed by atoms with E-state index in [2.05, 4.69) is 5.32 Å². The second-order valence-electron chi connectivity index (χ2n) is 4.86. The molecule has 0 spiro atoms. The Morgan fingerprint density at radius 3 is 2.76 bits per heavy atom. The van der Waals surface area contributed by atoms with Gasteiger partial charge in [0.2, 0.25) is 5.91 Å². The maximum absolute atomic E-state index is 12.5. The normalized spacial score (nSPS) is 18.1. The lowest BCUT2D eigenvalue weighted by Crippen LogP contribution is -2.46. The molecule has 1 unspecified atom stereocenters. The minimum Gasteiger partial charge on any atom is -0.324 e. The lowest BCUT2D eigenvalue weighted by atomic mass is 10.1. The highest BCUT2D eigenvalue weighted by Crippen LogP contribution is 2.25. The molecule has 114 valence electrons. The van der Waals surface area contributed by atoms with E-state index in [0.29, 0.717) is 11.4 Å². The summed E-state index contributed by atoms with van der Waals surface area (Å²) in [6.07, 6.45) is -3.08. The fourth-order valence-electron chi connectivity index (χ4n) is 2.10. The monoisotopic (exact) mass is 314 g/mol. The zero-order valence-corrected chi connectivity index (χ0v) is 12.5. The van der Waals surface area contributed by atoms with Crippen LogP contribution in [0.2, 0.25) is 0 Å². The average molecular weight is 314 g/mol. The Kier molecular flexibility index (Phi) is 4.82. The number of benzene rings is 1. The van der Waals surface area contributed by atoms with Crippen LogP contribution in [0.25, 0.3) is 0 Å². The molecule has 0 bridgehead atoms. The highest BCUT2D eigenvalue weighted by atomic mass is 32.2. The predicted molar refractivity (Wildman–Crippen MR) is 78.5 cm³/mol. The van der Waals surface area contributed by atoms with Crippen LogP contribution in [0.4, 0.5) is 14.5 Å². The van der Waals surface area contributed by atoms with Gasteiger partial charge in [-0.2, -0.15) is 8.78 Å². The maximum Gasteiger partial charge on any atom is 0.315 e. The average Bonchev–Trinajstić information content (AvgIpc) is 2.92. The van der Waals surface area contributed by atoms with Gasteiger partial charge in [0.15, 0.2) is 0 Å². The molecule has 1 N–H and O–H groups in total. The topological polar surface area (TPSA) is 49.4 Å². The summed E-state index contributed by atoms with van der Waals surface area (Å²) in [6, 6.07) is 4.63. The van der Waals surface area contributed by atoms with Gasteiger partial charge in [-0.15, -0.1) is 11.8 Å². The van der Waals surface area contributed by atoms with Crippen LogP contribution < -0.4 is 5.32 Å². The van der Waals surface area contributed by atoms with Crippen molar-refractivity contribution in [3.05, 3.63) is 29.3 Å². The number of aryl methyl sites for hydroxylation is 1. The minimum absolute atomic E-state index is 0.119. The molecule has 1 aliphatic rings. The molecule has 4 nitrogen and oxygen atoms in total. The number of hydrogen-bond donors (Lipinski definition) is 1. The Morgan fingerprint density at radius 2 is 2.10 bits per heavy atom. The van der Waals surface area contributed by atoms with Crippen molar-refractivity contribution in [1.82, 2.24) is 4.90 Å². The van der Waals surface area contributed by atoms with Crippen LogP contribution >= 0.6 is 11.8 Å².